The van der Waals surface area contributed by atoms with Crippen LogP contribution in [0.5, 0.6) is 0 Å². The number of nitrogens with zero attached hydrogens (tertiary/aromatic N) is 2. The molecule has 0 unspecified atom stereocenters. The second-order valence-electron chi connectivity index (χ2n) is 6.80. The van der Waals surface area contributed by atoms with E-state index in [-0.39, 0.29) is 12.5 Å². The first-order valence-electron chi connectivity index (χ1n) is 8.70. The van der Waals surface area contributed by atoms with Gasteiger partial charge in [0, 0.05) is 25.5 Å². The van der Waals surface area contributed by atoms with Crippen molar-refractivity contribution in [2.45, 2.75) is 27.7 Å². The molecule has 0 radical (unpaired) electrons. The summed E-state index contributed by atoms with van der Waals surface area (Å²) in [6, 6.07) is 12.3. The smallest absolute Gasteiger partial charge is 0.259 e. The minimum Gasteiger partial charge on any atom is -0.378 e. The highest BCUT2D eigenvalue weighted by Gasteiger charge is 2.06. The van der Waals surface area contributed by atoms with E-state index >= 15 is 0 Å². The number of rotatable bonds is 6. The number of amides is 1. The van der Waals surface area contributed by atoms with Crippen molar-refractivity contribution in [1.29, 1.82) is 0 Å². The molecule has 26 heavy (non-hydrogen) atoms. The maximum Gasteiger partial charge on any atom is 0.259 e. The maximum absolute atomic E-state index is 12.1. The van der Waals surface area contributed by atoms with Crippen LogP contribution in [0, 0.1) is 20.8 Å². The SMILES string of the molecule is C/C(=N/NC(=O)CNc1c(C)cc(C)cc1C)c1ccc(N(C)C)cc1. The summed E-state index contributed by atoms with van der Waals surface area (Å²) >= 11 is 0. The Morgan fingerprint density at radius 2 is 1.62 bits per heavy atom. The van der Waals surface area contributed by atoms with Crippen LogP contribution in [0.2, 0.25) is 0 Å². The largest absolute Gasteiger partial charge is 0.378 e. The van der Waals surface area contributed by atoms with Crippen LogP contribution in [0.15, 0.2) is 41.5 Å². The third kappa shape index (κ3) is 5.09. The molecule has 2 aromatic rings. The topological polar surface area (TPSA) is 56.7 Å². The zero-order valence-electron chi connectivity index (χ0n) is 16.5. The first-order valence-corrected chi connectivity index (χ1v) is 8.70. The Balaban J connectivity index is 1.94. The molecule has 5 nitrogen and oxygen atoms in total. The fraction of sp³-hybridized carbons (Fsp3) is 0.333. The number of hydrogen-bond donors (Lipinski definition) is 2. The molecule has 2 N–H and O–H groups in total. The second-order valence-corrected chi connectivity index (χ2v) is 6.80. The quantitative estimate of drug-likeness (QED) is 0.616. The van der Waals surface area contributed by atoms with E-state index in [0.717, 1.165) is 33.8 Å². The average Bonchev–Trinajstić information content (AvgIpc) is 2.58. The highest BCUT2D eigenvalue weighted by atomic mass is 16.2. The van der Waals surface area contributed by atoms with Gasteiger partial charge in [-0.25, -0.2) is 5.43 Å². The van der Waals surface area contributed by atoms with Gasteiger partial charge in [0.2, 0.25) is 0 Å². The maximum atomic E-state index is 12.1. The molecule has 0 fully saturated rings. The molecule has 0 saturated heterocycles. The highest BCUT2D eigenvalue weighted by Crippen LogP contribution is 2.21. The van der Waals surface area contributed by atoms with Crippen molar-refractivity contribution in [2.24, 2.45) is 5.10 Å². The Bertz CT molecular complexity index is 784. The van der Waals surface area contributed by atoms with E-state index in [4.69, 9.17) is 0 Å². The van der Waals surface area contributed by atoms with Crippen molar-refractivity contribution in [1.82, 2.24) is 5.43 Å². The third-order valence-corrected chi connectivity index (χ3v) is 4.25. The molecule has 2 aromatic carbocycles. The molecular weight excluding hydrogens is 324 g/mol. The monoisotopic (exact) mass is 352 g/mol. The molecule has 0 spiro atoms. The molecule has 0 aliphatic carbocycles. The van der Waals surface area contributed by atoms with Gasteiger partial charge in [0.05, 0.1) is 12.3 Å². The van der Waals surface area contributed by atoms with Gasteiger partial charge in [0.1, 0.15) is 0 Å². The summed E-state index contributed by atoms with van der Waals surface area (Å²) in [6.45, 7) is 8.21. The average molecular weight is 352 g/mol. The van der Waals surface area contributed by atoms with E-state index in [2.05, 4.69) is 34.9 Å². The molecule has 138 valence electrons. The minimum absolute atomic E-state index is 0.173. The zero-order valence-corrected chi connectivity index (χ0v) is 16.5. The number of benzene rings is 2. The number of nitrogens with one attached hydrogen (secondary N) is 2. The normalized spacial score (nSPS) is 11.2. The van der Waals surface area contributed by atoms with Crippen LogP contribution in [0.3, 0.4) is 0 Å². The van der Waals surface area contributed by atoms with Gasteiger partial charge in [-0.1, -0.05) is 29.8 Å². The van der Waals surface area contributed by atoms with Crippen molar-refractivity contribution < 1.29 is 4.79 Å². The molecule has 5 heteroatoms. The predicted octanol–water partition coefficient (Wildman–Crippen LogP) is 3.63. The minimum atomic E-state index is -0.173. The summed E-state index contributed by atoms with van der Waals surface area (Å²) in [5.74, 6) is -0.173. The fourth-order valence-electron chi connectivity index (χ4n) is 2.88. The van der Waals surface area contributed by atoms with E-state index in [1.807, 2.05) is 64.0 Å². The Morgan fingerprint density at radius 3 is 2.15 bits per heavy atom. The summed E-state index contributed by atoms with van der Waals surface area (Å²) in [5, 5.41) is 7.41. The Kier molecular flexibility index (Phi) is 6.39. The van der Waals surface area contributed by atoms with Crippen LogP contribution in [0.25, 0.3) is 0 Å². The first-order chi connectivity index (χ1) is 12.3. The van der Waals surface area contributed by atoms with Gasteiger partial charge in [-0.05, 0) is 56.5 Å². The van der Waals surface area contributed by atoms with E-state index in [1.54, 1.807) is 0 Å². The van der Waals surface area contributed by atoms with Gasteiger partial charge in [0.15, 0.2) is 0 Å². The summed E-state index contributed by atoms with van der Waals surface area (Å²) in [6.07, 6.45) is 0. The van der Waals surface area contributed by atoms with Crippen molar-refractivity contribution in [3.63, 3.8) is 0 Å². The molecule has 0 atom stereocenters. The summed E-state index contributed by atoms with van der Waals surface area (Å²) in [5.41, 5.74) is 9.98. The lowest BCUT2D eigenvalue weighted by Gasteiger charge is -2.13. The van der Waals surface area contributed by atoms with Crippen molar-refractivity contribution >= 4 is 23.0 Å². The van der Waals surface area contributed by atoms with Crippen molar-refractivity contribution in [2.75, 3.05) is 30.9 Å². The second kappa shape index (κ2) is 8.52. The number of hydrogen-bond acceptors (Lipinski definition) is 4. The van der Waals surface area contributed by atoms with Crippen LogP contribution < -0.4 is 15.6 Å². The predicted molar refractivity (Wildman–Crippen MR) is 110 cm³/mol. The van der Waals surface area contributed by atoms with Gasteiger partial charge >= 0.3 is 0 Å². The fourth-order valence-corrected chi connectivity index (χ4v) is 2.88. The summed E-state index contributed by atoms with van der Waals surface area (Å²) < 4.78 is 0. The number of hydrazone groups is 1. The third-order valence-electron chi connectivity index (χ3n) is 4.25. The van der Waals surface area contributed by atoms with Gasteiger partial charge in [-0.3, -0.25) is 4.79 Å². The molecule has 0 aromatic heterocycles. The van der Waals surface area contributed by atoms with E-state index in [1.165, 1.54) is 5.56 Å². The van der Waals surface area contributed by atoms with Crippen molar-refractivity contribution in [3.8, 4) is 0 Å². The van der Waals surface area contributed by atoms with E-state index in [0.29, 0.717) is 0 Å². The Hall–Kier alpha value is -2.82. The Labute approximate surface area is 156 Å². The van der Waals surface area contributed by atoms with Gasteiger partial charge in [-0.15, -0.1) is 0 Å². The van der Waals surface area contributed by atoms with Crippen LogP contribution in [-0.2, 0) is 4.79 Å². The lowest BCUT2D eigenvalue weighted by Crippen LogP contribution is -2.27. The molecule has 0 aliphatic heterocycles. The number of carbonyl (C=O) groups is 1. The summed E-state index contributed by atoms with van der Waals surface area (Å²) in [4.78, 5) is 14.1. The van der Waals surface area contributed by atoms with E-state index in [9.17, 15) is 4.79 Å². The van der Waals surface area contributed by atoms with Crippen LogP contribution in [-0.4, -0.2) is 32.3 Å². The lowest BCUT2D eigenvalue weighted by molar-refractivity contribution is -0.119. The molecule has 0 saturated carbocycles. The van der Waals surface area contributed by atoms with E-state index < -0.39 is 0 Å². The van der Waals surface area contributed by atoms with Crippen LogP contribution >= 0.6 is 0 Å². The van der Waals surface area contributed by atoms with Gasteiger partial charge < -0.3 is 10.2 Å². The molecule has 0 aliphatic rings. The van der Waals surface area contributed by atoms with Crippen molar-refractivity contribution in [3.05, 3.63) is 58.7 Å². The van der Waals surface area contributed by atoms with Crippen LogP contribution in [0.1, 0.15) is 29.2 Å². The lowest BCUT2D eigenvalue weighted by atomic mass is 10.1. The molecular formula is C21H28N4O. The Morgan fingerprint density at radius 1 is 1.04 bits per heavy atom. The number of anilines is 2. The zero-order chi connectivity index (χ0) is 19.3. The van der Waals surface area contributed by atoms with Gasteiger partial charge in [0.25, 0.3) is 5.91 Å². The number of aryl methyl sites for hydroxylation is 3. The first kappa shape index (κ1) is 19.5. The number of carbonyl (C=O) groups excluding carboxylic acids is 1. The molecule has 0 heterocycles. The van der Waals surface area contributed by atoms with Crippen LogP contribution in [0.4, 0.5) is 11.4 Å². The highest BCUT2D eigenvalue weighted by molar-refractivity contribution is 5.99. The van der Waals surface area contributed by atoms with Gasteiger partial charge in [-0.2, -0.15) is 5.10 Å². The molecule has 1 amide bonds. The molecule has 2 rings (SSSR count). The summed E-state index contributed by atoms with van der Waals surface area (Å²) in [7, 11) is 4.00. The standard InChI is InChI=1S/C21H28N4O/c1-14-11-15(2)21(16(3)12-14)22-13-20(26)24-23-17(4)18-7-9-19(10-8-18)25(5)6/h7-12,22H,13H2,1-6H3,(H,24,26)/b23-17-. The molecule has 0 bridgehead atoms.